The molecule has 25 heavy (non-hydrogen) atoms. The predicted molar refractivity (Wildman–Crippen MR) is 92.3 cm³/mol. The lowest BCUT2D eigenvalue weighted by Crippen LogP contribution is -2.28. The first-order valence-electron chi connectivity index (χ1n) is 7.46. The maximum absolute atomic E-state index is 12.4. The van der Waals surface area contributed by atoms with E-state index in [1.54, 1.807) is 24.3 Å². The molecule has 0 aromatic heterocycles. The van der Waals surface area contributed by atoms with Crippen LogP contribution in [-0.4, -0.2) is 17.7 Å². The fourth-order valence-corrected chi connectivity index (χ4v) is 2.70. The van der Waals surface area contributed by atoms with Crippen LogP contribution < -0.4 is 10.2 Å². The van der Waals surface area contributed by atoms with E-state index in [9.17, 15) is 14.4 Å². The van der Waals surface area contributed by atoms with Gasteiger partial charge >= 0.3 is 0 Å². The molecule has 1 fully saturated rings. The summed E-state index contributed by atoms with van der Waals surface area (Å²) in [6.45, 7) is 0. The number of carbonyl (C=O) groups is 3. The molecule has 3 rings (SSSR count). The summed E-state index contributed by atoms with van der Waals surface area (Å²) in [7, 11) is 0. The Morgan fingerprint density at radius 1 is 1.12 bits per heavy atom. The van der Waals surface area contributed by atoms with Gasteiger partial charge in [0.25, 0.3) is 5.91 Å². The number of benzene rings is 2. The highest BCUT2D eigenvalue weighted by molar-refractivity contribution is 6.31. The minimum absolute atomic E-state index is 0.178. The molecule has 1 N–H and O–H groups in total. The van der Waals surface area contributed by atoms with Gasteiger partial charge in [0, 0.05) is 24.1 Å². The van der Waals surface area contributed by atoms with Gasteiger partial charge in [-0.25, -0.2) is 0 Å². The number of nitrogens with zero attached hydrogens (tertiary/aromatic N) is 2. The van der Waals surface area contributed by atoms with Crippen LogP contribution in [0.25, 0.3) is 0 Å². The number of hydrogen-bond acceptors (Lipinski definition) is 4. The van der Waals surface area contributed by atoms with Crippen LogP contribution in [0.1, 0.15) is 28.8 Å². The largest absolute Gasteiger partial charge is 0.322 e. The quantitative estimate of drug-likeness (QED) is 0.858. The summed E-state index contributed by atoms with van der Waals surface area (Å²) >= 11 is 5.87. The molecule has 0 spiro atoms. The first kappa shape index (κ1) is 16.7. The van der Waals surface area contributed by atoms with Crippen molar-refractivity contribution in [3.05, 3.63) is 58.6 Å². The highest BCUT2D eigenvalue weighted by atomic mass is 35.5. The van der Waals surface area contributed by atoms with Gasteiger partial charge in [0.05, 0.1) is 16.3 Å². The van der Waals surface area contributed by atoms with Gasteiger partial charge in [-0.15, -0.1) is 0 Å². The van der Waals surface area contributed by atoms with E-state index in [2.05, 4.69) is 5.32 Å². The minimum atomic E-state index is -0.424. The van der Waals surface area contributed by atoms with Crippen LogP contribution in [0.15, 0.2) is 42.5 Å². The Labute approximate surface area is 148 Å². The van der Waals surface area contributed by atoms with Gasteiger partial charge in [-0.05, 0) is 36.4 Å². The molecule has 3 amide bonds. The number of halogens is 1. The summed E-state index contributed by atoms with van der Waals surface area (Å²) in [5.74, 6) is -0.981. The molecule has 2 aromatic carbocycles. The molecular weight excluding hydrogens is 342 g/mol. The van der Waals surface area contributed by atoms with E-state index in [1.807, 2.05) is 6.07 Å². The van der Waals surface area contributed by atoms with Gasteiger partial charge in [0.15, 0.2) is 0 Å². The molecule has 1 heterocycles. The van der Waals surface area contributed by atoms with Crippen molar-refractivity contribution in [1.82, 2.24) is 0 Å². The topological polar surface area (TPSA) is 90.3 Å². The molecule has 1 aliphatic rings. The zero-order valence-corrected chi connectivity index (χ0v) is 13.7. The third kappa shape index (κ3) is 3.37. The summed E-state index contributed by atoms with van der Waals surface area (Å²) in [6, 6.07) is 12.8. The third-order valence-electron chi connectivity index (χ3n) is 3.76. The predicted octanol–water partition coefficient (Wildman–Crippen LogP) is 3.12. The van der Waals surface area contributed by atoms with Gasteiger partial charge in [-0.3, -0.25) is 19.3 Å². The Bertz CT molecular complexity index is 917. The van der Waals surface area contributed by atoms with E-state index in [4.69, 9.17) is 16.9 Å². The van der Waals surface area contributed by atoms with Crippen LogP contribution in [0, 0.1) is 11.3 Å². The van der Waals surface area contributed by atoms with Crippen molar-refractivity contribution in [1.29, 1.82) is 5.26 Å². The van der Waals surface area contributed by atoms with Crippen LogP contribution in [0.4, 0.5) is 11.4 Å². The van der Waals surface area contributed by atoms with Crippen molar-refractivity contribution in [3.8, 4) is 6.07 Å². The van der Waals surface area contributed by atoms with E-state index < -0.39 is 5.91 Å². The molecule has 6 nitrogen and oxygen atoms in total. The molecule has 1 saturated heterocycles. The maximum Gasteiger partial charge on any atom is 0.255 e. The summed E-state index contributed by atoms with van der Waals surface area (Å²) < 4.78 is 0. The van der Waals surface area contributed by atoms with Gasteiger partial charge in [-0.1, -0.05) is 17.7 Å². The van der Waals surface area contributed by atoms with Crippen molar-refractivity contribution < 1.29 is 14.4 Å². The number of rotatable bonds is 3. The van der Waals surface area contributed by atoms with E-state index in [0.29, 0.717) is 22.0 Å². The number of hydrogen-bond donors (Lipinski definition) is 1. The zero-order valence-electron chi connectivity index (χ0n) is 13.0. The van der Waals surface area contributed by atoms with Crippen LogP contribution in [-0.2, 0) is 9.59 Å². The number of nitrogens with one attached hydrogen (secondary N) is 1. The second-order valence-corrected chi connectivity index (χ2v) is 5.84. The van der Waals surface area contributed by atoms with Crippen molar-refractivity contribution >= 4 is 40.7 Å². The highest BCUT2D eigenvalue weighted by Gasteiger charge is 2.30. The SMILES string of the molecule is N#Cc1cc(NC(=O)c2cccc(N3C(=O)CCC3=O)c2)ccc1Cl. The van der Waals surface area contributed by atoms with Gasteiger partial charge in [-0.2, -0.15) is 5.26 Å². The van der Waals surface area contributed by atoms with Crippen LogP contribution in [0.3, 0.4) is 0 Å². The lowest BCUT2D eigenvalue weighted by atomic mass is 10.1. The third-order valence-corrected chi connectivity index (χ3v) is 4.09. The monoisotopic (exact) mass is 353 g/mol. The Balaban J connectivity index is 1.84. The van der Waals surface area contributed by atoms with Crippen molar-refractivity contribution in [2.45, 2.75) is 12.8 Å². The minimum Gasteiger partial charge on any atom is -0.322 e. The van der Waals surface area contributed by atoms with Crippen molar-refractivity contribution in [2.75, 3.05) is 10.2 Å². The van der Waals surface area contributed by atoms with Gasteiger partial charge < -0.3 is 5.32 Å². The molecule has 0 saturated carbocycles. The average Bonchev–Trinajstić information content (AvgIpc) is 2.95. The molecule has 0 radical (unpaired) electrons. The lowest BCUT2D eigenvalue weighted by molar-refractivity contribution is -0.121. The first-order chi connectivity index (χ1) is 12.0. The Morgan fingerprint density at radius 2 is 1.84 bits per heavy atom. The van der Waals surface area contributed by atoms with Crippen LogP contribution >= 0.6 is 11.6 Å². The van der Waals surface area contributed by atoms with Crippen molar-refractivity contribution in [2.24, 2.45) is 0 Å². The molecule has 0 unspecified atom stereocenters. The number of carbonyl (C=O) groups excluding carboxylic acids is 3. The maximum atomic E-state index is 12.4. The normalized spacial score (nSPS) is 13.7. The Hall–Kier alpha value is -3.17. The standard InChI is InChI=1S/C18H12ClN3O3/c19-15-5-4-13(8-12(15)10-20)21-18(25)11-2-1-3-14(9-11)22-16(23)6-7-17(22)24/h1-5,8-9H,6-7H2,(H,21,25). The fraction of sp³-hybridized carbons (Fsp3) is 0.111. The number of nitriles is 1. The number of anilines is 2. The number of amides is 3. The van der Waals surface area contributed by atoms with E-state index in [1.165, 1.54) is 18.2 Å². The molecule has 7 heteroatoms. The summed E-state index contributed by atoms with van der Waals surface area (Å²) in [6.07, 6.45) is 0.355. The van der Waals surface area contributed by atoms with Crippen molar-refractivity contribution in [3.63, 3.8) is 0 Å². The summed E-state index contributed by atoms with van der Waals surface area (Å²) in [5.41, 5.74) is 1.33. The van der Waals surface area contributed by atoms with Crippen LogP contribution in [0.2, 0.25) is 5.02 Å². The molecule has 2 aromatic rings. The molecule has 124 valence electrons. The van der Waals surface area contributed by atoms with E-state index in [0.717, 1.165) is 4.90 Å². The highest BCUT2D eigenvalue weighted by Crippen LogP contribution is 2.24. The zero-order chi connectivity index (χ0) is 18.0. The molecule has 0 atom stereocenters. The summed E-state index contributed by atoms with van der Waals surface area (Å²) in [4.78, 5) is 37.1. The number of imide groups is 1. The second kappa shape index (κ2) is 6.75. The van der Waals surface area contributed by atoms with E-state index in [-0.39, 0.29) is 30.2 Å². The van der Waals surface area contributed by atoms with Crippen LogP contribution in [0.5, 0.6) is 0 Å². The second-order valence-electron chi connectivity index (χ2n) is 5.43. The summed E-state index contributed by atoms with van der Waals surface area (Å²) in [5, 5.41) is 11.9. The molecule has 1 aliphatic heterocycles. The van der Waals surface area contributed by atoms with E-state index >= 15 is 0 Å². The van der Waals surface area contributed by atoms with Gasteiger partial charge in [0.1, 0.15) is 6.07 Å². The molecule has 0 bridgehead atoms. The Kier molecular flexibility index (Phi) is 4.50. The van der Waals surface area contributed by atoms with Gasteiger partial charge in [0.2, 0.25) is 11.8 Å². The average molecular weight is 354 g/mol. The molecule has 0 aliphatic carbocycles. The molecular formula is C18H12ClN3O3. The Morgan fingerprint density at radius 3 is 2.52 bits per heavy atom. The fourth-order valence-electron chi connectivity index (χ4n) is 2.54. The smallest absolute Gasteiger partial charge is 0.255 e. The first-order valence-corrected chi connectivity index (χ1v) is 7.84. The lowest BCUT2D eigenvalue weighted by Gasteiger charge is -2.15.